The summed E-state index contributed by atoms with van der Waals surface area (Å²) in [5, 5.41) is 18.1. The fraction of sp³-hybridized carbons (Fsp3) is 0.263. The van der Waals surface area contributed by atoms with Gasteiger partial charge in [0.2, 0.25) is 0 Å². The van der Waals surface area contributed by atoms with Gasteiger partial charge in [-0.1, -0.05) is 6.07 Å². The van der Waals surface area contributed by atoms with Crippen molar-refractivity contribution in [3.63, 3.8) is 0 Å². The smallest absolute Gasteiger partial charge is 0.188 e. The van der Waals surface area contributed by atoms with E-state index < -0.39 is 43.3 Å². The molecule has 0 aliphatic carbocycles. The normalized spacial score (nSPS) is 11.5. The van der Waals surface area contributed by atoms with Crippen molar-refractivity contribution < 1.29 is 28.5 Å². The van der Waals surface area contributed by atoms with Crippen molar-refractivity contribution in [2.24, 2.45) is 0 Å². The third-order valence-electron chi connectivity index (χ3n) is 4.21. The van der Waals surface area contributed by atoms with Crippen molar-refractivity contribution in [1.82, 2.24) is 4.98 Å². The summed E-state index contributed by atoms with van der Waals surface area (Å²) in [5.41, 5.74) is 1.97. The van der Waals surface area contributed by atoms with Gasteiger partial charge in [0.1, 0.15) is 24.0 Å². The van der Waals surface area contributed by atoms with Crippen LogP contribution in [0.25, 0.3) is 10.2 Å². The molecule has 1 aromatic heterocycles. The average Bonchev–Trinajstić information content (AvgIpc) is 3.15. The average molecular weight is 519 g/mol. The van der Waals surface area contributed by atoms with Crippen LogP contribution in [0.5, 0.6) is 0 Å². The minimum atomic E-state index is -0.905. The summed E-state index contributed by atoms with van der Waals surface area (Å²) in [6.45, 7) is -1.35. The lowest BCUT2D eigenvalue weighted by atomic mass is 9.96. The highest BCUT2D eigenvalue weighted by molar-refractivity contribution is 14.1. The number of fused-ring (bicyclic) bond motifs is 1. The molecule has 0 radical (unpaired) electrons. The summed E-state index contributed by atoms with van der Waals surface area (Å²) in [5.74, 6) is -1.68. The molecule has 28 heavy (non-hydrogen) atoms. The molecule has 0 unspecified atom stereocenters. The molecular formula is C19H16F2INO4S. The Morgan fingerprint density at radius 3 is 2.68 bits per heavy atom. The van der Waals surface area contributed by atoms with Crippen LogP contribution in [0.2, 0.25) is 0 Å². The zero-order valence-electron chi connectivity index (χ0n) is 14.5. The molecule has 3 rings (SSSR count). The molecule has 0 amide bonds. The lowest BCUT2D eigenvalue weighted by Gasteiger charge is -2.14. The third-order valence-corrected chi connectivity index (χ3v) is 5.66. The van der Waals surface area contributed by atoms with Crippen LogP contribution in [0.1, 0.15) is 21.5 Å². The minimum absolute atomic E-state index is 0.0386. The molecule has 5 nitrogen and oxygen atoms in total. The molecule has 2 N–H and O–H groups in total. The van der Waals surface area contributed by atoms with Gasteiger partial charge in [-0.3, -0.25) is 4.79 Å². The van der Waals surface area contributed by atoms with E-state index in [1.54, 1.807) is 12.1 Å². The second-order valence-corrected chi connectivity index (χ2v) is 8.18. The van der Waals surface area contributed by atoms with Gasteiger partial charge in [-0.05, 0) is 46.4 Å². The van der Waals surface area contributed by atoms with Crippen LogP contribution >= 0.6 is 33.9 Å². The third kappa shape index (κ3) is 4.54. The number of halogens is 3. The summed E-state index contributed by atoms with van der Waals surface area (Å²) >= 11 is 3.17. The van der Waals surface area contributed by atoms with Gasteiger partial charge < -0.3 is 14.9 Å². The van der Waals surface area contributed by atoms with Crippen molar-refractivity contribution >= 4 is 49.9 Å². The Balaban J connectivity index is 2.00. The first kappa shape index (κ1) is 21.2. The van der Waals surface area contributed by atoms with Crippen LogP contribution in [0, 0.1) is 15.2 Å². The van der Waals surface area contributed by atoms with E-state index in [4.69, 9.17) is 14.9 Å². The molecule has 1 heterocycles. The monoisotopic (exact) mass is 519 g/mol. The summed E-state index contributed by atoms with van der Waals surface area (Å²) in [6, 6.07) is 6.12. The van der Waals surface area contributed by atoms with Crippen molar-refractivity contribution in [2.75, 3.05) is 19.8 Å². The molecule has 0 fully saturated rings. The predicted octanol–water partition coefficient (Wildman–Crippen LogP) is 3.32. The van der Waals surface area contributed by atoms with Gasteiger partial charge in [0.25, 0.3) is 0 Å². The molecule has 0 spiro atoms. The highest BCUT2D eigenvalue weighted by atomic mass is 127. The molecule has 0 saturated carbocycles. The van der Waals surface area contributed by atoms with E-state index in [1.165, 1.54) is 29.0 Å². The summed E-state index contributed by atoms with van der Waals surface area (Å²) < 4.78 is 35.8. The first-order valence-corrected chi connectivity index (χ1v) is 10.3. The molecule has 0 atom stereocenters. The molecular weight excluding hydrogens is 503 g/mol. The maximum absolute atomic E-state index is 15.1. The second-order valence-electron chi connectivity index (χ2n) is 6.05. The zero-order chi connectivity index (χ0) is 20.3. The number of rotatable bonds is 8. The highest BCUT2D eigenvalue weighted by Gasteiger charge is 2.22. The molecule has 148 valence electrons. The number of thiazole rings is 1. The molecule has 0 bridgehead atoms. The number of nitrogens with zero attached hydrogens (tertiary/aromatic N) is 1. The highest BCUT2D eigenvalue weighted by Crippen LogP contribution is 2.29. The number of hydrogen-bond acceptors (Lipinski definition) is 6. The molecule has 3 aromatic rings. The first-order chi connectivity index (χ1) is 13.4. The Hall–Kier alpha value is -1.53. The van der Waals surface area contributed by atoms with Gasteiger partial charge in [0.15, 0.2) is 11.6 Å². The number of benzene rings is 2. The van der Waals surface area contributed by atoms with Gasteiger partial charge in [-0.25, -0.2) is 13.8 Å². The Morgan fingerprint density at radius 1 is 1.25 bits per heavy atom. The van der Waals surface area contributed by atoms with Gasteiger partial charge >= 0.3 is 0 Å². The Labute approximate surface area is 177 Å². The van der Waals surface area contributed by atoms with Crippen LogP contribution in [-0.4, -0.2) is 46.9 Å². The molecule has 0 aliphatic rings. The van der Waals surface area contributed by atoms with Crippen LogP contribution in [0.4, 0.5) is 8.78 Å². The van der Waals surface area contributed by atoms with E-state index in [0.717, 1.165) is 0 Å². The van der Waals surface area contributed by atoms with Crippen molar-refractivity contribution in [3.05, 3.63) is 61.7 Å². The number of ketones is 1. The van der Waals surface area contributed by atoms with Crippen molar-refractivity contribution in [2.45, 2.75) is 12.5 Å². The van der Waals surface area contributed by atoms with Crippen LogP contribution in [-0.2, 0) is 11.2 Å². The number of aliphatic hydroxyl groups excluding tert-OH is 2. The topological polar surface area (TPSA) is 79.7 Å². The second kappa shape index (κ2) is 9.31. The minimum Gasteiger partial charge on any atom is -0.394 e. The maximum Gasteiger partial charge on any atom is 0.188 e. The Kier molecular flexibility index (Phi) is 7.05. The largest absolute Gasteiger partial charge is 0.394 e. The van der Waals surface area contributed by atoms with Gasteiger partial charge in [-0.15, -0.1) is 11.3 Å². The number of ether oxygens (including phenoxy) is 1. The van der Waals surface area contributed by atoms with E-state index in [1.807, 2.05) is 22.6 Å². The van der Waals surface area contributed by atoms with Gasteiger partial charge in [0, 0.05) is 21.1 Å². The van der Waals surface area contributed by atoms with Gasteiger partial charge in [-0.2, -0.15) is 0 Å². The van der Waals surface area contributed by atoms with E-state index >= 15 is 4.39 Å². The molecule has 9 heteroatoms. The number of Topliss-reactive ketones (excluding diaryl/α,β-unsaturated/α-hetero) is 1. The Bertz CT molecular complexity index is 1010. The quantitative estimate of drug-likeness (QED) is 0.353. The number of carbonyl (C=O) groups is 1. The van der Waals surface area contributed by atoms with Gasteiger partial charge in [0.05, 0.1) is 23.4 Å². The standard InChI is InChI=1S/C19H16F2INO4S/c20-15-4-11(22)2-1-10(15)3-14-13(16(26)8-27-12(6-24)7-25)5-17-19(18(14)21)23-9-28-17/h1-2,4-5,9,12,24-25H,3,6-8H2. The summed E-state index contributed by atoms with van der Waals surface area (Å²) in [7, 11) is 0. The van der Waals surface area contributed by atoms with Crippen LogP contribution in [0.15, 0.2) is 29.8 Å². The zero-order valence-corrected chi connectivity index (χ0v) is 17.5. The Morgan fingerprint density at radius 2 is 2.00 bits per heavy atom. The lowest BCUT2D eigenvalue weighted by molar-refractivity contribution is -0.0132. The lowest BCUT2D eigenvalue weighted by Crippen LogP contribution is -2.26. The fourth-order valence-electron chi connectivity index (χ4n) is 2.71. The summed E-state index contributed by atoms with van der Waals surface area (Å²) in [6.07, 6.45) is -1.02. The number of aliphatic hydroxyl groups is 2. The van der Waals surface area contributed by atoms with Crippen LogP contribution in [0.3, 0.4) is 0 Å². The van der Waals surface area contributed by atoms with E-state index in [2.05, 4.69) is 4.98 Å². The first-order valence-electron chi connectivity index (χ1n) is 8.29. The van der Waals surface area contributed by atoms with E-state index in [0.29, 0.717) is 8.27 Å². The summed E-state index contributed by atoms with van der Waals surface area (Å²) in [4.78, 5) is 16.7. The maximum atomic E-state index is 15.1. The molecule has 0 aliphatic heterocycles. The molecule has 0 saturated heterocycles. The predicted molar refractivity (Wildman–Crippen MR) is 110 cm³/mol. The number of carbonyl (C=O) groups excluding carboxylic acids is 1. The SMILES string of the molecule is O=C(COC(CO)CO)c1cc2scnc2c(F)c1Cc1ccc(I)cc1F. The number of hydrogen-bond donors (Lipinski definition) is 2. The fourth-order valence-corrected chi connectivity index (χ4v) is 3.88. The number of aromatic nitrogens is 1. The van der Waals surface area contributed by atoms with Crippen molar-refractivity contribution in [1.29, 1.82) is 0 Å². The van der Waals surface area contributed by atoms with E-state index in [-0.39, 0.29) is 28.6 Å². The van der Waals surface area contributed by atoms with Crippen molar-refractivity contribution in [3.8, 4) is 0 Å². The van der Waals surface area contributed by atoms with E-state index in [9.17, 15) is 9.18 Å². The van der Waals surface area contributed by atoms with Crippen LogP contribution < -0.4 is 0 Å². The molecule has 2 aromatic carbocycles.